The number of aromatic nitrogens is 1. The number of anilines is 1. The van der Waals surface area contributed by atoms with E-state index in [1.807, 2.05) is 13.0 Å². The van der Waals surface area contributed by atoms with E-state index in [1.54, 1.807) is 0 Å². The van der Waals surface area contributed by atoms with Gasteiger partial charge < -0.3 is 10.1 Å². The van der Waals surface area contributed by atoms with Crippen LogP contribution in [0.5, 0.6) is 0 Å². The summed E-state index contributed by atoms with van der Waals surface area (Å²) in [6.07, 6.45) is 5.61. The van der Waals surface area contributed by atoms with Crippen molar-refractivity contribution in [3.05, 3.63) is 36.0 Å². The van der Waals surface area contributed by atoms with Crippen LogP contribution in [-0.4, -0.2) is 24.2 Å². The predicted octanol–water partition coefficient (Wildman–Crippen LogP) is 3.91. The van der Waals surface area contributed by atoms with Crippen LogP contribution in [0.15, 0.2) is 30.3 Å². The summed E-state index contributed by atoms with van der Waals surface area (Å²) < 4.78 is 5.89. The number of hydrogen-bond acceptors (Lipinski definition) is 3. The number of fused-ring (bicyclic) bond motifs is 1. The Morgan fingerprint density at radius 1 is 1.25 bits per heavy atom. The number of hydrogen-bond donors (Lipinski definition) is 1. The first kappa shape index (κ1) is 13.4. The Labute approximate surface area is 120 Å². The number of pyridine rings is 1. The van der Waals surface area contributed by atoms with E-state index in [1.165, 1.54) is 31.1 Å². The molecule has 1 saturated carbocycles. The summed E-state index contributed by atoms with van der Waals surface area (Å²) in [7, 11) is 0. The maximum atomic E-state index is 5.89. The van der Waals surface area contributed by atoms with E-state index in [0.29, 0.717) is 6.10 Å². The molecular formula is C17H22N2O. The molecular weight excluding hydrogens is 248 g/mol. The van der Waals surface area contributed by atoms with Crippen LogP contribution in [0.3, 0.4) is 0 Å². The first-order chi connectivity index (χ1) is 9.83. The topological polar surface area (TPSA) is 34.1 Å². The first-order valence-corrected chi connectivity index (χ1v) is 7.55. The zero-order valence-electron chi connectivity index (χ0n) is 12.1. The third-order valence-electron chi connectivity index (χ3n) is 3.92. The maximum absolute atomic E-state index is 5.89. The second kappa shape index (κ2) is 6.23. The van der Waals surface area contributed by atoms with Gasteiger partial charge in [0.2, 0.25) is 0 Å². The smallest absolute Gasteiger partial charge is 0.0725 e. The first-order valence-electron chi connectivity index (χ1n) is 7.55. The van der Waals surface area contributed by atoms with Gasteiger partial charge in [0.1, 0.15) is 0 Å². The zero-order valence-corrected chi connectivity index (χ0v) is 12.1. The van der Waals surface area contributed by atoms with Crippen LogP contribution in [0.25, 0.3) is 10.9 Å². The molecule has 1 heterocycles. The summed E-state index contributed by atoms with van der Waals surface area (Å²) in [5, 5.41) is 4.67. The second-order valence-corrected chi connectivity index (χ2v) is 5.53. The molecule has 20 heavy (non-hydrogen) atoms. The number of nitrogens with one attached hydrogen (secondary N) is 1. The Morgan fingerprint density at radius 3 is 2.90 bits per heavy atom. The van der Waals surface area contributed by atoms with Gasteiger partial charge in [-0.3, -0.25) is 4.98 Å². The minimum Gasteiger partial charge on any atom is -0.382 e. The Hall–Kier alpha value is -1.61. The van der Waals surface area contributed by atoms with Gasteiger partial charge in [0.05, 0.1) is 18.2 Å². The van der Waals surface area contributed by atoms with Crippen molar-refractivity contribution >= 4 is 16.6 Å². The van der Waals surface area contributed by atoms with Crippen molar-refractivity contribution in [1.82, 2.24) is 4.98 Å². The third kappa shape index (κ3) is 3.10. The molecule has 1 N–H and O–H groups in total. The average Bonchev–Trinajstić information content (AvgIpc) is 2.96. The number of para-hydroxylation sites is 1. The lowest BCUT2D eigenvalue weighted by molar-refractivity contribution is 0.0659. The minimum atomic E-state index is 0.493. The van der Waals surface area contributed by atoms with Crippen LogP contribution in [0.1, 0.15) is 31.4 Å². The molecule has 1 fully saturated rings. The lowest BCUT2D eigenvalue weighted by Crippen LogP contribution is -2.15. The largest absolute Gasteiger partial charge is 0.382 e. The van der Waals surface area contributed by atoms with Crippen LogP contribution in [0.4, 0.5) is 5.69 Å². The fourth-order valence-corrected chi connectivity index (χ4v) is 2.92. The van der Waals surface area contributed by atoms with Crippen molar-refractivity contribution in [1.29, 1.82) is 0 Å². The molecule has 3 heteroatoms. The lowest BCUT2D eigenvalue weighted by atomic mass is 10.1. The molecule has 0 aliphatic heterocycles. The van der Waals surface area contributed by atoms with Crippen LogP contribution in [-0.2, 0) is 4.74 Å². The van der Waals surface area contributed by atoms with Crippen LogP contribution >= 0.6 is 0 Å². The summed E-state index contributed by atoms with van der Waals surface area (Å²) in [4.78, 5) is 4.56. The van der Waals surface area contributed by atoms with E-state index < -0.39 is 0 Å². The van der Waals surface area contributed by atoms with Gasteiger partial charge in [-0.15, -0.1) is 0 Å². The highest BCUT2D eigenvalue weighted by molar-refractivity contribution is 5.91. The molecule has 2 aromatic rings. The molecule has 0 radical (unpaired) electrons. The van der Waals surface area contributed by atoms with Crippen molar-refractivity contribution in [2.75, 3.05) is 18.5 Å². The second-order valence-electron chi connectivity index (χ2n) is 5.53. The van der Waals surface area contributed by atoms with Gasteiger partial charge in [-0.25, -0.2) is 0 Å². The summed E-state index contributed by atoms with van der Waals surface area (Å²) in [6.45, 7) is 3.66. The molecule has 1 aliphatic rings. The Bertz CT molecular complexity index is 576. The van der Waals surface area contributed by atoms with Crippen LogP contribution in [0.2, 0.25) is 0 Å². The van der Waals surface area contributed by atoms with E-state index >= 15 is 0 Å². The SMILES string of the molecule is Cc1cc(NCCOC2CCCC2)c2ccccc2n1. The number of rotatable bonds is 5. The Balaban J connectivity index is 1.61. The van der Waals surface area contributed by atoms with Crippen molar-refractivity contribution < 1.29 is 4.74 Å². The highest BCUT2D eigenvalue weighted by Gasteiger charge is 2.14. The van der Waals surface area contributed by atoms with E-state index in [4.69, 9.17) is 4.74 Å². The fourth-order valence-electron chi connectivity index (χ4n) is 2.92. The van der Waals surface area contributed by atoms with E-state index in [-0.39, 0.29) is 0 Å². The summed E-state index contributed by atoms with van der Waals surface area (Å²) in [5.41, 5.74) is 3.25. The van der Waals surface area contributed by atoms with Crippen molar-refractivity contribution in [3.8, 4) is 0 Å². The molecule has 106 valence electrons. The fraction of sp³-hybridized carbons (Fsp3) is 0.471. The van der Waals surface area contributed by atoms with E-state index in [2.05, 4.69) is 34.6 Å². The van der Waals surface area contributed by atoms with Gasteiger partial charge >= 0.3 is 0 Å². The highest BCUT2D eigenvalue weighted by atomic mass is 16.5. The number of nitrogens with zero attached hydrogens (tertiary/aromatic N) is 1. The molecule has 0 atom stereocenters. The van der Waals surface area contributed by atoms with Crippen molar-refractivity contribution in [2.45, 2.75) is 38.7 Å². The average molecular weight is 270 g/mol. The lowest BCUT2D eigenvalue weighted by Gasteiger charge is -2.13. The van der Waals surface area contributed by atoms with E-state index in [9.17, 15) is 0 Å². The molecule has 1 aromatic carbocycles. The van der Waals surface area contributed by atoms with Gasteiger partial charge in [0.15, 0.2) is 0 Å². The standard InChI is InChI=1S/C17H22N2O/c1-13-12-17(15-8-4-5-9-16(15)19-13)18-10-11-20-14-6-2-3-7-14/h4-5,8-9,12,14H,2-3,6-7,10-11H2,1H3,(H,18,19). The number of benzene rings is 1. The zero-order chi connectivity index (χ0) is 13.8. The van der Waals surface area contributed by atoms with Gasteiger partial charge in [-0.2, -0.15) is 0 Å². The van der Waals surface area contributed by atoms with Gasteiger partial charge in [0, 0.05) is 23.3 Å². The van der Waals surface area contributed by atoms with Crippen LogP contribution in [0, 0.1) is 6.92 Å². The molecule has 3 nitrogen and oxygen atoms in total. The Kier molecular flexibility index (Phi) is 4.16. The minimum absolute atomic E-state index is 0.493. The Morgan fingerprint density at radius 2 is 2.05 bits per heavy atom. The summed E-state index contributed by atoms with van der Waals surface area (Å²) in [5.74, 6) is 0. The molecule has 0 saturated heterocycles. The maximum Gasteiger partial charge on any atom is 0.0725 e. The summed E-state index contributed by atoms with van der Waals surface area (Å²) >= 11 is 0. The highest BCUT2D eigenvalue weighted by Crippen LogP contribution is 2.23. The quantitative estimate of drug-likeness (QED) is 0.836. The predicted molar refractivity (Wildman–Crippen MR) is 83.2 cm³/mol. The van der Waals surface area contributed by atoms with Gasteiger partial charge in [-0.1, -0.05) is 31.0 Å². The third-order valence-corrected chi connectivity index (χ3v) is 3.92. The normalized spacial score (nSPS) is 15.8. The number of ether oxygens (including phenoxy) is 1. The molecule has 1 aromatic heterocycles. The van der Waals surface area contributed by atoms with Crippen LogP contribution < -0.4 is 5.32 Å². The summed E-state index contributed by atoms with van der Waals surface area (Å²) in [6, 6.07) is 10.4. The molecule has 0 spiro atoms. The van der Waals surface area contributed by atoms with Crippen molar-refractivity contribution in [3.63, 3.8) is 0 Å². The molecule has 0 bridgehead atoms. The molecule has 3 rings (SSSR count). The molecule has 0 amide bonds. The van der Waals surface area contributed by atoms with Gasteiger partial charge in [0.25, 0.3) is 0 Å². The molecule has 1 aliphatic carbocycles. The van der Waals surface area contributed by atoms with Gasteiger partial charge in [-0.05, 0) is 31.9 Å². The molecule has 0 unspecified atom stereocenters. The van der Waals surface area contributed by atoms with Crippen molar-refractivity contribution in [2.24, 2.45) is 0 Å². The monoisotopic (exact) mass is 270 g/mol. The van der Waals surface area contributed by atoms with E-state index in [0.717, 1.165) is 30.0 Å². The number of aryl methyl sites for hydroxylation is 1.